The van der Waals surface area contributed by atoms with E-state index in [1.807, 2.05) is 58.2 Å². The van der Waals surface area contributed by atoms with Crippen molar-refractivity contribution in [2.45, 2.75) is 6.54 Å². The highest BCUT2D eigenvalue weighted by atomic mass is 16.3. The summed E-state index contributed by atoms with van der Waals surface area (Å²) in [6, 6.07) is 10.1. The zero-order valence-corrected chi connectivity index (χ0v) is 7.87. The highest BCUT2D eigenvalue weighted by Crippen LogP contribution is 2.04. The van der Waals surface area contributed by atoms with Crippen LogP contribution in [-0.2, 0) is 6.54 Å². The molecule has 0 spiro atoms. The predicted octanol–water partition coefficient (Wildman–Crippen LogP) is 0.757. The summed E-state index contributed by atoms with van der Waals surface area (Å²) >= 11 is 0. The number of benzene rings is 1. The minimum absolute atomic E-state index is 0.170. The Morgan fingerprint density at radius 1 is 1.21 bits per heavy atom. The van der Waals surface area contributed by atoms with Crippen molar-refractivity contribution in [3.63, 3.8) is 0 Å². The monoisotopic (exact) mass is 189 g/mol. The number of nitrogens with zero attached hydrogens (tertiary/aromatic N) is 2. The maximum absolute atomic E-state index is 8.77. The summed E-state index contributed by atoms with van der Waals surface area (Å²) in [5, 5.41) is 8.77. The van der Waals surface area contributed by atoms with Gasteiger partial charge in [-0.25, -0.2) is 9.13 Å². The van der Waals surface area contributed by atoms with Crippen molar-refractivity contribution >= 4 is 0 Å². The van der Waals surface area contributed by atoms with Crippen molar-refractivity contribution in [1.82, 2.24) is 4.57 Å². The molecule has 0 radical (unpaired) electrons. The molecule has 0 unspecified atom stereocenters. The van der Waals surface area contributed by atoms with Crippen molar-refractivity contribution in [1.29, 1.82) is 0 Å². The molecule has 1 aromatic carbocycles. The Balaban J connectivity index is 2.25. The molecule has 1 N–H and O–H groups in total. The maximum atomic E-state index is 8.77. The first-order chi connectivity index (χ1) is 6.90. The lowest BCUT2D eigenvalue weighted by atomic mass is 10.3. The minimum atomic E-state index is 0.170. The second kappa shape index (κ2) is 4.07. The van der Waals surface area contributed by atoms with Gasteiger partial charge in [0.25, 0.3) is 0 Å². The van der Waals surface area contributed by atoms with Gasteiger partial charge in [0, 0.05) is 0 Å². The van der Waals surface area contributed by atoms with Gasteiger partial charge in [-0.3, -0.25) is 0 Å². The molecule has 3 heteroatoms. The molecule has 1 aromatic heterocycles. The van der Waals surface area contributed by atoms with Gasteiger partial charge < -0.3 is 5.11 Å². The Hall–Kier alpha value is -1.61. The molecule has 0 aliphatic rings. The van der Waals surface area contributed by atoms with Crippen LogP contribution in [0, 0.1) is 0 Å². The van der Waals surface area contributed by atoms with Gasteiger partial charge in [-0.05, 0) is 12.1 Å². The van der Waals surface area contributed by atoms with Crippen LogP contribution in [0.5, 0.6) is 0 Å². The van der Waals surface area contributed by atoms with E-state index >= 15 is 0 Å². The second-order valence-corrected chi connectivity index (χ2v) is 3.12. The fraction of sp³-hybridized carbons (Fsp3) is 0.182. The standard InChI is InChI=1S/C11H13N2O/c14-9-8-12-6-7-13(10-12)11-4-2-1-3-5-11/h1-7,10,14H,8-9H2/q+1. The van der Waals surface area contributed by atoms with Crippen LogP contribution in [0.1, 0.15) is 0 Å². The molecule has 3 nitrogen and oxygen atoms in total. The number of para-hydroxylation sites is 1. The van der Waals surface area contributed by atoms with Crippen molar-refractivity contribution in [3.8, 4) is 5.69 Å². The van der Waals surface area contributed by atoms with Crippen LogP contribution in [0.25, 0.3) is 5.69 Å². The number of imidazole rings is 1. The smallest absolute Gasteiger partial charge is 0.249 e. The van der Waals surface area contributed by atoms with Crippen LogP contribution in [0.3, 0.4) is 0 Å². The number of rotatable bonds is 3. The van der Waals surface area contributed by atoms with Crippen LogP contribution in [0.2, 0.25) is 0 Å². The van der Waals surface area contributed by atoms with Crippen molar-refractivity contribution < 1.29 is 9.67 Å². The first-order valence-corrected chi connectivity index (χ1v) is 4.63. The first kappa shape index (κ1) is 8.97. The minimum Gasteiger partial charge on any atom is -0.392 e. The summed E-state index contributed by atoms with van der Waals surface area (Å²) < 4.78 is 3.97. The summed E-state index contributed by atoms with van der Waals surface area (Å²) in [4.78, 5) is 0. The largest absolute Gasteiger partial charge is 0.392 e. The van der Waals surface area contributed by atoms with E-state index in [0.717, 1.165) is 5.69 Å². The zero-order valence-electron chi connectivity index (χ0n) is 7.87. The summed E-state index contributed by atoms with van der Waals surface area (Å²) in [6.07, 6.45) is 5.89. The van der Waals surface area contributed by atoms with Crippen LogP contribution < -0.4 is 4.57 Å². The molecule has 0 aliphatic heterocycles. The number of aliphatic hydroxyl groups excluding tert-OH is 1. The zero-order chi connectivity index (χ0) is 9.80. The van der Waals surface area contributed by atoms with Crippen LogP contribution in [0.4, 0.5) is 0 Å². The van der Waals surface area contributed by atoms with Crippen LogP contribution in [-0.4, -0.2) is 16.3 Å². The average Bonchev–Trinajstić information content (AvgIpc) is 2.68. The average molecular weight is 189 g/mol. The summed E-state index contributed by atoms with van der Waals surface area (Å²) in [5.41, 5.74) is 1.13. The van der Waals surface area contributed by atoms with E-state index in [4.69, 9.17) is 5.11 Å². The van der Waals surface area contributed by atoms with E-state index in [1.54, 1.807) is 0 Å². The lowest BCUT2D eigenvalue weighted by Crippen LogP contribution is -2.32. The Morgan fingerprint density at radius 2 is 2.00 bits per heavy atom. The van der Waals surface area contributed by atoms with E-state index in [-0.39, 0.29) is 6.61 Å². The van der Waals surface area contributed by atoms with Crippen LogP contribution >= 0.6 is 0 Å². The second-order valence-electron chi connectivity index (χ2n) is 3.12. The molecule has 0 saturated carbocycles. The highest BCUT2D eigenvalue weighted by Gasteiger charge is 2.04. The third-order valence-electron chi connectivity index (χ3n) is 2.10. The maximum Gasteiger partial charge on any atom is 0.249 e. The number of aromatic nitrogens is 2. The molecule has 72 valence electrons. The van der Waals surface area contributed by atoms with Gasteiger partial charge in [0.05, 0.1) is 6.61 Å². The van der Waals surface area contributed by atoms with Crippen molar-refractivity contribution in [2.24, 2.45) is 0 Å². The van der Waals surface area contributed by atoms with Crippen LogP contribution in [0.15, 0.2) is 49.1 Å². The molecule has 0 saturated heterocycles. The molecular weight excluding hydrogens is 176 g/mol. The molecule has 2 aromatic rings. The Kier molecular flexibility index (Phi) is 2.60. The highest BCUT2D eigenvalue weighted by molar-refractivity contribution is 5.30. The predicted molar refractivity (Wildman–Crippen MR) is 53.0 cm³/mol. The molecule has 0 atom stereocenters. The molecule has 2 rings (SSSR count). The normalized spacial score (nSPS) is 10.4. The molecule has 1 heterocycles. The third-order valence-corrected chi connectivity index (χ3v) is 2.10. The molecule has 0 fully saturated rings. The van der Waals surface area contributed by atoms with Gasteiger partial charge in [-0.15, -0.1) is 0 Å². The van der Waals surface area contributed by atoms with Gasteiger partial charge in [0.1, 0.15) is 24.6 Å². The van der Waals surface area contributed by atoms with E-state index in [0.29, 0.717) is 6.54 Å². The Bertz CT molecular complexity index is 395. The fourth-order valence-corrected chi connectivity index (χ4v) is 1.39. The number of hydrogen-bond acceptors (Lipinski definition) is 1. The SMILES string of the molecule is OCC[n+]1ccn(-c2ccccc2)c1. The lowest BCUT2D eigenvalue weighted by molar-refractivity contribution is -0.697. The van der Waals surface area contributed by atoms with Gasteiger partial charge in [0.15, 0.2) is 0 Å². The molecule has 0 amide bonds. The molecule has 14 heavy (non-hydrogen) atoms. The first-order valence-electron chi connectivity index (χ1n) is 4.63. The van der Waals surface area contributed by atoms with E-state index < -0.39 is 0 Å². The fourth-order valence-electron chi connectivity index (χ4n) is 1.39. The summed E-state index contributed by atoms with van der Waals surface area (Å²) in [5.74, 6) is 0. The van der Waals surface area contributed by atoms with Gasteiger partial charge in [-0.2, -0.15) is 0 Å². The van der Waals surface area contributed by atoms with Crippen molar-refractivity contribution in [3.05, 3.63) is 49.1 Å². The molecule has 0 bridgehead atoms. The van der Waals surface area contributed by atoms with E-state index in [2.05, 4.69) is 0 Å². The van der Waals surface area contributed by atoms with Crippen molar-refractivity contribution in [2.75, 3.05) is 6.61 Å². The topological polar surface area (TPSA) is 29.0 Å². The number of hydrogen-bond donors (Lipinski definition) is 1. The Morgan fingerprint density at radius 3 is 2.71 bits per heavy atom. The van der Waals surface area contributed by atoms with Gasteiger partial charge in [0.2, 0.25) is 6.33 Å². The van der Waals surface area contributed by atoms with E-state index in [1.165, 1.54) is 0 Å². The third kappa shape index (κ3) is 1.83. The lowest BCUT2D eigenvalue weighted by Gasteiger charge is -1.93. The molecule has 0 aliphatic carbocycles. The Labute approximate surface area is 82.9 Å². The summed E-state index contributed by atoms with van der Waals surface area (Å²) in [7, 11) is 0. The molecular formula is C11H13N2O+. The van der Waals surface area contributed by atoms with Gasteiger partial charge >= 0.3 is 0 Å². The van der Waals surface area contributed by atoms with E-state index in [9.17, 15) is 0 Å². The summed E-state index contributed by atoms with van der Waals surface area (Å²) in [6.45, 7) is 0.809. The number of aliphatic hydroxyl groups is 1. The quantitative estimate of drug-likeness (QED) is 0.709. The van der Waals surface area contributed by atoms with Gasteiger partial charge in [-0.1, -0.05) is 18.2 Å².